The average molecular weight is 290 g/mol. The number of nitriles is 1. The number of carbonyl (C=O) groups is 1. The Bertz CT molecular complexity index is 511. The first-order valence-corrected chi connectivity index (χ1v) is 6.92. The minimum atomic E-state index is -0.146. The molecule has 1 rings (SSSR count). The topological polar surface area (TPSA) is 91.4 Å². The lowest BCUT2D eigenvalue weighted by Crippen LogP contribution is -2.32. The summed E-state index contributed by atoms with van der Waals surface area (Å²) in [6, 6.07) is 7.29. The fourth-order valence-electron chi connectivity index (χ4n) is 2.00. The van der Waals surface area contributed by atoms with Crippen LogP contribution in [0.5, 0.6) is 0 Å². The van der Waals surface area contributed by atoms with Gasteiger partial charge < -0.3 is 20.7 Å². The Morgan fingerprint density at radius 2 is 2.24 bits per heavy atom. The lowest BCUT2D eigenvalue weighted by Gasteiger charge is -2.26. The number of benzene rings is 1. The molecule has 0 saturated carbocycles. The lowest BCUT2D eigenvalue weighted by atomic mass is 10.1. The van der Waals surface area contributed by atoms with Gasteiger partial charge in [0.2, 0.25) is 0 Å². The van der Waals surface area contributed by atoms with Gasteiger partial charge in [-0.25, -0.2) is 0 Å². The van der Waals surface area contributed by atoms with Crippen LogP contribution in [0, 0.1) is 11.3 Å². The molecule has 0 saturated heterocycles. The van der Waals surface area contributed by atoms with E-state index < -0.39 is 0 Å². The Kier molecular flexibility index (Phi) is 7.05. The lowest BCUT2D eigenvalue weighted by molar-refractivity contribution is 0.0956. The van der Waals surface area contributed by atoms with E-state index in [0.29, 0.717) is 43.9 Å². The summed E-state index contributed by atoms with van der Waals surface area (Å²) >= 11 is 0. The molecule has 0 aliphatic carbocycles. The number of ether oxygens (including phenoxy) is 1. The van der Waals surface area contributed by atoms with E-state index in [1.54, 1.807) is 25.3 Å². The molecule has 0 spiro atoms. The number of nitrogens with one attached hydrogen (secondary N) is 1. The van der Waals surface area contributed by atoms with Gasteiger partial charge in [-0.05, 0) is 25.1 Å². The van der Waals surface area contributed by atoms with E-state index in [1.807, 2.05) is 11.8 Å². The van der Waals surface area contributed by atoms with Crippen LogP contribution < -0.4 is 16.0 Å². The third kappa shape index (κ3) is 4.97. The molecule has 0 unspecified atom stereocenters. The summed E-state index contributed by atoms with van der Waals surface area (Å²) in [4.78, 5) is 14.1. The van der Waals surface area contributed by atoms with Crippen LogP contribution in [-0.2, 0) is 4.74 Å². The summed E-state index contributed by atoms with van der Waals surface area (Å²) in [6.45, 7) is 4.05. The molecule has 0 aromatic heterocycles. The van der Waals surface area contributed by atoms with Gasteiger partial charge in [-0.3, -0.25) is 4.79 Å². The van der Waals surface area contributed by atoms with Crippen molar-refractivity contribution >= 4 is 17.3 Å². The van der Waals surface area contributed by atoms with Gasteiger partial charge in [0.05, 0.1) is 30.3 Å². The van der Waals surface area contributed by atoms with Crippen LogP contribution in [0.4, 0.5) is 11.4 Å². The van der Waals surface area contributed by atoms with E-state index in [1.165, 1.54) is 0 Å². The van der Waals surface area contributed by atoms with Crippen LogP contribution in [0.15, 0.2) is 18.2 Å². The Hall–Kier alpha value is -2.26. The summed E-state index contributed by atoms with van der Waals surface area (Å²) in [6.07, 6.45) is 0.368. The highest BCUT2D eigenvalue weighted by molar-refractivity contribution is 6.00. The zero-order valence-electron chi connectivity index (χ0n) is 12.6. The molecule has 114 valence electrons. The number of hydrogen-bond donors (Lipinski definition) is 2. The van der Waals surface area contributed by atoms with Gasteiger partial charge in [0.15, 0.2) is 0 Å². The average Bonchev–Trinajstić information content (AvgIpc) is 2.47. The van der Waals surface area contributed by atoms with Crippen molar-refractivity contribution in [1.29, 1.82) is 5.26 Å². The van der Waals surface area contributed by atoms with Crippen molar-refractivity contribution in [3.05, 3.63) is 23.8 Å². The van der Waals surface area contributed by atoms with Gasteiger partial charge in [0.25, 0.3) is 5.91 Å². The standard InChI is InChI=1S/C15H22N4O2/c1-3-18-15(20)13-6-5-12(17)11-14(13)19(8-4-7-16)9-10-21-2/h5-6,11H,3-4,8-10,17H2,1-2H3,(H,18,20). The van der Waals surface area contributed by atoms with E-state index >= 15 is 0 Å². The number of nitrogen functional groups attached to an aromatic ring is 1. The second kappa shape index (κ2) is 8.82. The fourth-order valence-corrected chi connectivity index (χ4v) is 2.00. The zero-order valence-corrected chi connectivity index (χ0v) is 12.6. The highest BCUT2D eigenvalue weighted by Gasteiger charge is 2.16. The van der Waals surface area contributed by atoms with Crippen molar-refractivity contribution in [3.8, 4) is 6.07 Å². The predicted molar refractivity (Wildman–Crippen MR) is 83.2 cm³/mol. The second-order valence-electron chi connectivity index (χ2n) is 4.52. The minimum absolute atomic E-state index is 0.146. The van der Waals surface area contributed by atoms with E-state index in [9.17, 15) is 4.79 Å². The van der Waals surface area contributed by atoms with Gasteiger partial charge in [-0.1, -0.05) is 0 Å². The van der Waals surface area contributed by atoms with Gasteiger partial charge in [0.1, 0.15) is 0 Å². The maximum absolute atomic E-state index is 12.2. The highest BCUT2D eigenvalue weighted by Crippen LogP contribution is 2.24. The monoisotopic (exact) mass is 290 g/mol. The molecule has 0 aliphatic heterocycles. The molecular weight excluding hydrogens is 268 g/mol. The number of methoxy groups -OCH3 is 1. The molecule has 0 aliphatic rings. The first-order chi connectivity index (χ1) is 10.1. The maximum atomic E-state index is 12.2. The summed E-state index contributed by atoms with van der Waals surface area (Å²) in [5.41, 5.74) is 7.71. The predicted octanol–water partition coefficient (Wildman–Crippen LogP) is 1.38. The molecule has 0 radical (unpaired) electrons. The Morgan fingerprint density at radius 3 is 2.86 bits per heavy atom. The van der Waals surface area contributed by atoms with Crippen LogP contribution in [0.3, 0.4) is 0 Å². The van der Waals surface area contributed by atoms with E-state index in [2.05, 4.69) is 11.4 Å². The summed E-state index contributed by atoms with van der Waals surface area (Å²) in [5, 5.41) is 11.6. The van der Waals surface area contributed by atoms with Crippen molar-refractivity contribution in [2.75, 3.05) is 44.0 Å². The number of hydrogen-bond acceptors (Lipinski definition) is 5. The molecule has 0 fully saturated rings. The molecular formula is C15H22N4O2. The quantitative estimate of drug-likeness (QED) is 0.706. The van der Waals surface area contributed by atoms with Crippen LogP contribution in [-0.4, -0.2) is 39.3 Å². The van der Waals surface area contributed by atoms with Crippen molar-refractivity contribution in [3.63, 3.8) is 0 Å². The van der Waals surface area contributed by atoms with Crippen LogP contribution in [0.2, 0.25) is 0 Å². The minimum Gasteiger partial charge on any atom is -0.399 e. The first kappa shape index (κ1) is 16.8. The van der Waals surface area contributed by atoms with Crippen molar-refractivity contribution in [2.45, 2.75) is 13.3 Å². The number of carbonyl (C=O) groups excluding carboxylic acids is 1. The first-order valence-electron chi connectivity index (χ1n) is 6.92. The van der Waals surface area contributed by atoms with Gasteiger partial charge in [-0.15, -0.1) is 0 Å². The molecule has 3 N–H and O–H groups in total. The number of amides is 1. The van der Waals surface area contributed by atoms with Crippen molar-refractivity contribution in [2.24, 2.45) is 0 Å². The maximum Gasteiger partial charge on any atom is 0.253 e. The van der Waals surface area contributed by atoms with Gasteiger partial charge >= 0.3 is 0 Å². The number of anilines is 2. The van der Waals surface area contributed by atoms with E-state index in [0.717, 1.165) is 5.69 Å². The highest BCUT2D eigenvalue weighted by atomic mass is 16.5. The molecule has 1 aromatic carbocycles. The van der Waals surface area contributed by atoms with Crippen LogP contribution in [0.25, 0.3) is 0 Å². The summed E-state index contributed by atoms with van der Waals surface area (Å²) in [7, 11) is 1.62. The number of nitrogens with two attached hydrogens (primary N) is 1. The third-order valence-electron chi connectivity index (χ3n) is 3.00. The molecule has 0 atom stereocenters. The van der Waals surface area contributed by atoms with Gasteiger partial charge in [0, 0.05) is 32.4 Å². The van der Waals surface area contributed by atoms with Crippen molar-refractivity contribution in [1.82, 2.24) is 5.32 Å². The molecule has 21 heavy (non-hydrogen) atoms. The Labute approximate surface area is 125 Å². The molecule has 1 amide bonds. The second-order valence-corrected chi connectivity index (χ2v) is 4.52. The van der Waals surface area contributed by atoms with E-state index in [-0.39, 0.29) is 5.91 Å². The van der Waals surface area contributed by atoms with E-state index in [4.69, 9.17) is 15.7 Å². The molecule has 0 bridgehead atoms. The fraction of sp³-hybridized carbons (Fsp3) is 0.467. The molecule has 0 heterocycles. The van der Waals surface area contributed by atoms with Crippen LogP contribution in [0.1, 0.15) is 23.7 Å². The summed E-state index contributed by atoms with van der Waals surface area (Å²) < 4.78 is 5.10. The molecule has 6 heteroatoms. The van der Waals surface area contributed by atoms with Gasteiger partial charge in [-0.2, -0.15) is 5.26 Å². The SMILES string of the molecule is CCNC(=O)c1ccc(N)cc1N(CCC#N)CCOC. The normalized spacial score (nSPS) is 9.95. The Balaban J connectivity index is 3.11. The van der Waals surface area contributed by atoms with Crippen molar-refractivity contribution < 1.29 is 9.53 Å². The number of rotatable bonds is 8. The third-order valence-corrected chi connectivity index (χ3v) is 3.00. The zero-order chi connectivity index (χ0) is 15.7. The molecule has 6 nitrogen and oxygen atoms in total. The molecule has 1 aromatic rings. The smallest absolute Gasteiger partial charge is 0.253 e. The largest absolute Gasteiger partial charge is 0.399 e. The summed E-state index contributed by atoms with van der Waals surface area (Å²) in [5.74, 6) is -0.146. The Morgan fingerprint density at radius 1 is 1.48 bits per heavy atom. The van der Waals surface area contributed by atoms with Crippen LogP contribution >= 0.6 is 0 Å². The number of nitrogens with zero attached hydrogens (tertiary/aromatic N) is 2.